The number of aliphatic hydroxyl groups is 1. The Hall–Kier alpha value is -2.58. The number of carbonyl (C=O) groups excluding carboxylic acids is 3. The zero-order chi connectivity index (χ0) is 27.2. The Bertz CT molecular complexity index is 1160. The van der Waals surface area contributed by atoms with Crippen LogP contribution in [-0.2, 0) is 19.1 Å². The summed E-state index contributed by atoms with van der Waals surface area (Å²) in [5.41, 5.74) is 2.82. The molecular weight excluding hydrogens is 500 g/mol. The van der Waals surface area contributed by atoms with Gasteiger partial charge in [0.2, 0.25) is 5.91 Å². The zero-order valence-electron chi connectivity index (χ0n) is 22.6. The van der Waals surface area contributed by atoms with Crippen LogP contribution in [0, 0.1) is 31.6 Å². The van der Waals surface area contributed by atoms with Crippen molar-refractivity contribution in [3.05, 3.63) is 53.6 Å². The number of allylic oxidation sites excluding steroid dienone is 1. The first kappa shape index (κ1) is 27.0. The fourth-order valence-corrected chi connectivity index (χ4v) is 8.78. The lowest BCUT2D eigenvalue weighted by Gasteiger charge is -2.40. The second-order valence-corrected chi connectivity index (χ2v) is 12.5. The van der Waals surface area contributed by atoms with Gasteiger partial charge in [0, 0.05) is 17.5 Å². The molecule has 1 aromatic carbocycles. The monoisotopic (exact) mass is 538 g/mol. The Balaban J connectivity index is 1.68. The minimum absolute atomic E-state index is 0.0262. The summed E-state index contributed by atoms with van der Waals surface area (Å²) < 4.78 is 4.72. The molecule has 1 spiro atoms. The van der Waals surface area contributed by atoms with E-state index in [1.807, 2.05) is 64.1 Å². The Kier molecular flexibility index (Phi) is 7.48. The Morgan fingerprint density at radius 3 is 2.58 bits per heavy atom. The minimum Gasteiger partial charge on any atom is -0.465 e. The van der Waals surface area contributed by atoms with E-state index in [0.717, 1.165) is 36.1 Å². The zero-order valence-corrected chi connectivity index (χ0v) is 23.4. The van der Waals surface area contributed by atoms with Crippen LogP contribution < -0.4 is 4.90 Å². The second kappa shape index (κ2) is 10.5. The number of thioether (sulfide) groups is 1. The molecule has 0 aliphatic carbocycles. The molecule has 7 atom stereocenters. The van der Waals surface area contributed by atoms with Gasteiger partial charge >= 0.3 is 5.97 Å². The fraction of sp³-hybridized carbons (Fsp3) is 0.567. The summed E-state index contributed by atoms with van der Waals surface area (Å²) in [5.74, 6) is -2.22. The average Bonchev–Trinajstić information content (AvgIpc) is 3.30. The predicted molar refractivity (Wildman–Crippen MR) is 149 cm³/mol. The van der Waals surface area contributed by atoms with Gasteiger partial charge in [0.15, 0.2) is 0 Å². The molecule has 5 rings (SSSR count). The summed E-state index contributed by atoms with van der Waals surface area (Å²) in [6, 6.07) is 4.59. The third-order valence-corrected chi connectivity index (χ3v) is 10.6. The van der Waals surface area contributed by atoms with E-state index in [0.29, 0.717) is 13.2 Å². The van der Waals surface area contributed by atoms with Crippen molar-refractivity contribution in [2.45, 2.75) is 69.0 Å². The molecule has 1 unspecified atom stereocenters. The third-order valence-electron chi connectivity index (χ3n) is 8.84. The van der Waals surface area contributed by atoms with Gasteiger partial charge in [0.1, 0.15) is 6.04 Å². The number of cyclic esters (lactones) is 1. The Labute approximate surface area is 229 Å². The summed E-state index contributed by atoms with van der Waals surface area (Å²) in [5, 5.41) is 10.3. The SMILES string of the molecule is CC[C@H](C)[C@H](CO)N1C(=O)[C@@H]2[C@H]3C(=O)OCCC/C=C\[C@H]3S[C@@]23C=CCN(c2c(C)cccc2C)C(=O)C13. The van der Waals surface area contributed by atoms with Gasteiger partial charge in [-0.05, 0) is 43.7 Å². The van der Waals surface area contributed by atoms with E-state index < -0.39 is 28.7 Å². The van der Waals surface area contributed by atoms with E-state index in [2.05, 4.69) is 6.08 Å². The van der Waals surface area contributed by atoms with Crippen molar-refractivity contribution in [2.24, 2.45) is 17.8 Å². The number of fused-ring (bicyclic) bond motifs is 2. The number of hydrogen-bond donors (Lipinski definition) is 1. The Morgan fingerprint density at radius 2 is 1.89 bits per heavy atom. The van der Waals surface area contributed by atoms with Gasteiger partial charge in [-0.25, -0.2) is 0 Å². The van der Waals surface area contributed by atoms with Crippen LogP contribution in [0.4, 0.5) is 5.69 Å². The first-order chi connectivity index (χ1) is 18.3. The van der Waals surface area contributed by atoms with Crippen molar-refractivity contribution >= 4 is 35.2 Å². The van der Waals surface area contributed by atoms with Crippen molar-refractivity contribution in [2.75, 3.05) is 24.7 Å². The van der Waals surface area contributed by atoms with Crippen molar-refractivity contribution in [1.29, 1.82) is 0 Å². The molecule has 0 saturated carbocycles. The van der Waals surface area contributed by atoms with Crippen molar-refractivity contribution in [1.82, 2.24) is 4.90 Å². The maximum Gasteiger partial charge on any atom is 0.311 e. The predicted octanol–water partition coefficient (Wildman–Crippen LogP) is 3.80. The molecule has 0 bridgehead atoms. The number of carbonyl (C=O) groups is 3. The molecule has 2 amide bonds. The van der Waals surface area contributed by atoms with Crippen LogP contribution in [-0.4, -0.2) is 69.6 Å². The second-order valence-electron chi connectivity index (χ2n) is 11.1. The molecule has 2 fully saturated rings. The van der Waals surface area contributed by atoms with Crippen LogP contribution >= 0.6 is 11.8 Å². The van der Waals surface area contributed by atoms with E-state index in [4.69, 9.17) is 4.74 Å². The normalized spacial score (nSPS) is 33.3. The number of benzene rings is 1. The lowest BCUT2D eigenvalue weighted by molar-refractivity contribution is -0.153. The number of likely N-dealkylation sites (tertiary alicyclic amines) is 1. The quantitative estimate of drug-likeness (QED) is 0.453. The molecule has 4 heterocycles. The van der Waals surface area contributed by atoms with Crippen LogP contribution in [0.3, 0.4) is 0 Å². The molecule has 0 radical (unpaired) electrons. The molecule has 2 saturated heterocycles. The number of para-hydroxylation sites is 1. The highest BCUT2D eigenvalue weighted by Crippen LogP contribution is 2.61. The maximum absolute atomic E-state index is 14.7. The summed E-state index contributed by atoms with van der Waals surface area (Å²) in [6.45, 7) is 8.46. The van der Waals surface area contributed by atoms with Crippen LogP contribution in [0.5, 0.6) is 0 Å². The smallest absolute Gasteiger partial charge is 0.311 e. The van der Waals surface area contributed by atoms with Gasteiger partial charge < -0.3 is 19.6 Å². The lowest BCUT2D eigenvalue weighted by atomic mass is 9.78. The molecule has 38 heavy (non-hydrogen) atoms. The number of esters is 1. The molecule has 8 heteroatoms. The average molecular weight is 539 g/mol. The van der Waals surface area contributed by atoms with Crippen molar-refractivity contribution < 1.29 is 24.2 Å². The van der Waals surface area contributed by atoms with Crippen molar-refractivity contribution in [3.8, 4) is 0 Å². The van der Waals surface area contributed by atoms with E-state index in [9.17, 15) is 19.5 Å². The van der Waals surface area contributed by atoms with E-state index in [1.54, 1.807) is 21.6 Å². The summed E-state index contributed by atoms with van der Waals surface area (Å²) in [4.78, 5) is 46.0. The number of amides is 2. The standard InChI is InChI=1S/C30H38N2O5S/c1-5-18(2)21(17-33)32-26-28(35)31(25-19(3)11-9-12-20(25)4)15-10-14-30(26)24(27(32)34)23-22(38-30)13-7-6-8-16-37-29(23)36/h7,9-14,18,21-24,26,33H,5-6,8,15-17H2,1-4H3/b13-7-/t18-,21-,22+,23-,24-,26?,30-/m0/s1. The van der Waals surface area contributed by atoms with E-state index >= 15 is 0 Å². The van der Waals surface area contributed by atoms with Gasteiger partial charge in [-0.1, -0.05) is 62.8 Å². The molecule has 204 valence electrons. The highest BCUT2D eigenvalue weighted by Gasteiger charge is 2.72. The number of ether oxygens (including phenoxy) is 1. The number of rotatable bonds is 5. The highest BCUT2D eigenvalue weighted by molar-refractivity contribution is 8.02. The third kappa shape index (κ3) is 4.11. The van der Waals surface area contributed by atoms with Crippen LogP contribution in [0.2, 0.25) is 0 Å². The van der Waals surface area contributed by atoms with Gasteiger partial charge in [0.05, 0.1) is 35.8 Å². The molecule has 4 aliphatic heterocycles. The largest absolute Gasteiger partial charge is 0.465 e. The first-order valence-electron chi connectivity index (χ1n) is 13.8. The van der Waals surface area contributed by atoms with Gasteiger partial charge in [-0.15, -0.1) is 11.8 Å². The number of hydrogen-bond acceptors (Lipinski definition) is 6. The number of anilines is 1. The molecular formula is C30H38N2O5S. The molecule has 1 N–H and O–H groups in total. The highest BCUT2D eigenvalue weighted by atomic mass is 32.2. The van der Waals surface area contributed by atoms with E-state index in [-0.39, 0.29) is 35.6 Å². The summed E-state index contributed by atoms with van der Waals surface area (Å²) >= 11 is 1.54. The van der Waals surface area contributed by atoms with Gasteiger partial charge in [-0.2, -0.15) is 0 Å². The summed E-state index contributed by atoms with van der Waals surface area (Å²) in [7, 11) is 0. The maximum atomic E-state index is 14.7. The molecule has 7 nitrogen and oxygen atoms in total. The van der Waals surface area contributed by atoms with Crippen molar-refractivity contribution in [3.63, 3.8) is 0 Å². The van der Waals surface area contributed by atoms with E-state index in [1.165, 1.54) is 0 Å². The number of aryl methyl sites for hydroxylation is 2. The number of aliphatic hydroxyl groups excluding tert-OH is 1. The van der Waals surface area contributed by atoms with Crippen LogP contribution in [0.25, 0.3) is 0 Å². The van der Waals surface area contributed by atoms with Gasteiger partial charge in [-0.3, -0.25) is 14.4 Å². The van der Waals surface area contributed by atoms with Crippen LogP contribution in [0.15, 0.2) is 42.5 Å². The number of nitrogens with zero attached hydrogens (tertiary/aromatic N) is 2. The molecule has 1 aromatic rings. The Morgan fingerprint density at radius 1 is 1.16 bits per heavy atom. The molecule has 0 aromatic heterocycles. The first-order valence-corrected chi connectivity index (χ1v) is 14.6. The van der Waals surface area contributed by atoms with Gasteiger partial charge in [0.25, 0.3) is 5.91 Å². The molecule has 4 aliphatic rings. The van der Waals surface area contributed by atoms with Crippen LogP contribution in [0.1, 0.15) is 44.2 Å². The topological polar surface area (TPSA) is 87.2 Å². The lowest BCUT2D eigenvalue weighted by Crippen LogP contribution is -2.58. The summed E-state index contributed by atoms with van der Waals surface area (Å²) in [6.07, 6.45) is 10.4. The fourth-order valence-electron chi connectivity index (χ4n) is 6.80. The minimum atomic E-state index is -0.932.